The van der Waals surface area contributed by atoms with Gasteiger partial charge in [-0.25, -0.2) is 5.43 Å². The standard InChI is InChI=1S/C15H14ClN3O/c16-13-8-6-12(7-9-13)10-18-19-15(20)11-17-14-4-2-1-3-5-14/h1-10,17H,11H2,(H,19,20)/b18-10-. The Bertz CT molecular complexity index is 582. The molecule has 0 heterocycles. The summed E-state index contributed by atoms with van der Waals surface area (Å²) in [5.74, 6) is -0.209. The summed E-state index contributed by atoms with van der Waals surface area (Å²) in [6, 6.07) is 16.7. The lowest BCUT2D eigenvalue weighted by molar-refractivity contribution is -0.119. The maximum Gasteiger partial charge on any atom is 0.259 e. The summed E-state index contributed by atoms with van der Waals surface area (Å²) >= 11 is 5.77. The third-order valence-electron chi connectivity index (χ3n) is 2.50. The molecule has 0 saturated heterocycles. The molecule has 2 aromatic carbocycles. The van der Waals surface area contributed by atoms with E-state index in [0.29, 0.717) is 5.02 Å². The first-order valence-corrected chi connectivity index (χ1v) is 6.48. The molecule has 0 saturated carbocycles. The van der Waals surface area contributed by atoms with Gasteiger partial charge in [0.25, 0.3) is 5.91 Å². The van der Waals surface area contributed by atoms with Crippen molar-refractivity contribution in [1.29, 1.82) is 0 Å². The highest BCUT2D eigenvalue weighted by molar-refractivity contribution is 6.30. The molecule has 0 fully saturated rings. The number of benzene rings is 2. The Kier molecular flexibility index (Phi) is 5.15. The van der Waals surface area contributed by atoms with E-state index in [1.807, 2.05) is 42.5 Å². The zero-order chi connectivity index (χ0) is 14.2. The van der Waals surface area contributed by atoms with Crippen LogP contribution in [-0.2, 0) is 4.79 Å². The highest BCUT2D eigenvalue weighted by atomic mass is 35.5. The van der Waals surface area contributed by atoms with Crippen molar-refractivity contribution in [3.63, 3.8) is 0 Å². The molecule has 0 aliphatic heterocycles. The minimum absolute atomic E-state index is 0.169. The number of nitrogens with one attached hydrogen (secondary N) is 2. The van der Waals surface area contributed by atoms with Gasteiger partial charge in [-0.15, -0.1) is 0 Å². The molecule has 0 bridgehead atoms. The molecule has 0 aliphatic carbocycles. The van der Waals surface area contributed by atoms with E-state index < -0.39 is 0 Å². The highest BCUT2D eigenvalue weighted by Crippen LogP contribution is 2.07. The van der Waals surface area contributed by atoms with Gasteiger partial charge in [0.1, 0.15) is 0 Å². The Morgan fingerprint density at radius 3 is 2.50 bits per heavy atom. The average molecular weight is 288 g/mol. The van der Waals surface area contributed by atoms with Crippen molar-refractivity contribution in [3.05, 3.63) is 65.2 Å². The predicted molar refractivity (Wildman–Crippen MR) is 82.1 cm³/mol. The second kappa shape index (κ2) is 7.31. The van der Waals surface area contributed by atoms with E-state index in [1.54, 1.807) is 18.3 Å². The SMILES string of the molecule is O=C(CNc1ccccc1)N/N=C\c1ccc(Cl)cc1. The van der Waals surface area contributed by atoms with Crippen molar-refractivity contribution in [1.82, 2.24) is 5.43 Å². The van der Waals surface area contributed by atoms with Crippen LogP contribution in [0.2, 0.25) is 5.02 Å². The van der Waals surface area contributed by atoms with E-state index in [0.717, 1.165) is 11.3 Å². The fraction of sp³-hybridized carbons (Fsp3) is 0.0667. The normalized spacial score (nSPS) is 10.4. The Morgan fingerprint density at radius 1 is 1.10 bits per heavy atom. The summed E-state index contributed by atoms with van der Waals surface area (Å²) in [5, 5.41) is 7.54. The Hall–Kier alpha value is -2.33. The smallest absolute Gasteiger partial charge is 0.259 e. The molecule has 1 amide bonds. The van der Waals surface area contributed by atoms with Crippen molar-refractivity contribution in [2.75, 3.05) is 11.9 Å². The molecule has 5 heteroatoms. The molecule has 2 aromatic rings. The van der Waals surface area contributed by atoms with Crippen LogP contribution in [0.15, 0.2) is 59.7 Å². The van der Waals surface area contributed by atoms with Gasteiger partial charge in [0.05, 0.1) is 12.8 Å². The van der Waals surface area contributed by atoms with E-state index in [1.165, 1.54) is 0 Å². The van der Waals surface area contributed by atoms with Crippen molar-refractivity contribution >= 4 is 29.4 Å². The van der Waals surface area contributed by atoms with Gasteiger partial charge in [0, 0.05) is 10.7 Å². The van der Waals surface area contributed by atoms with Crippen LogP contribution in [-0.4, -0.2) is 18.7 Å². The van der Waals surface area contributed by atoms with Crippen LogP contribution in [0.5, 0.6) is 0 Å². The zero-order valence-electron chi connectivity index (χ0n) is 10.7. The van der Waals surface area contributed by atoms with Crippen molar-refractivity contribution < 1.29 is 4.79 Å². The molecule has 4 nitrogen and oxygen atoms in total. The van der Waals surface area contributed by atoms with E-state index in [9.17, 15) is 4.79 Å². The third kappa shape index (κ3) is 4.74. The third-order valence-corrected chi connectivity index (χ3v) is 2.75. The van der Waals surface area contributed by atoms with Crippen LogP contribution < -0.4 is 10.7 Å². The molecule has 0 atom stereocenters. The Labute approximate surface area is 122 Å². The van der Waals surface area contributed by atoms with Crippen LogP contribution >= 0.6 is 11.6 Å². The lowest BCUT2D eigenvalue weighted by atomic mass is 10.2. The predicted octanol–water partition coefficient (Wildman–Crippen LogP) is 2.90. The lowest BCUT2D eigenvalue weighted by Crippen LogP contribution is -2.25. The molecular formula is C15H14ClN3O. The lowest BCUT2D eigenvalue weighted by Gasteiger charge is -2.04. The summed E-state index contributed by atoms with van der Waals surface area (Å²) in [6.07, 6.45) is 1.57. The first-order chi connectivity index (χ1) is 9.74. The maximum absolute atomic E-state index is 11.6. The number of amides is 1. The number of anilines is 1. The summed E-state index contributed by atoms with van der Waals surface area (Å²) in [6.45, 7) is 0.169. The van der Waals surface area contributed by atoms with Crippen LogP contribution in [0.3, 0.4) is 0 Å². The zero-order valence-corrected chi connectivity index (χ0v) is 11.5. The fourth-order valence-corrected chi connectivity index (χ4v) is 1.63. The van der Waals surface area contributed by atoms with Gasteiger partial charge in [-0.2, -0.15) is 5.10 Å². The molecule has 2 rings (SSSR count). The number of carbonyl (C=O) groups excluding carboxylic acids is 1. The van der Waals surface area contributed by atoms with Crippen LogP contribution in [0.1, 0.15) is 5.56 Å². The van der Waals surface area contributed by atoms with Crippen LogP contribution in [0, 0.1) is 0 Å². The molecule has 20 heavy (non-hydrogen) atoms. The number of hydrogen-bond donors (Lipinski definition) is 2. The van der Waals surface area contributed by atoms with E-state index >= 15 is 0 Å². The van der Waals surface area contributed by atoms with Gasteiger partial charge in [0.2, 0.25) is 0 Å². The number of rotatable bonds is 5. The van der Waals surface area contributed by atoms with E-state index in [4.69, 9.17) is 11.6 Å². The number of nitrogens with zero attached hydrogens (tertiary/aromatic N) is 1. The van der Waals surface area contributed by atoms with Crippen LogP contribution in [0.25, 0.3) is 0 Å². The summed E-state index contributed by atoms with van der Waals surface area (Å²) in [7, 11) is 0. The topological polar surface area (TPSA) is 53.5 Å². The molecule has 0 radical (unpaired) electrons. The van der Waals surface area contributed by atoms with Crippen molar-refractivity contribution in [2.24, 2.45) is 5.10 Å². The van der Waals surface area contributed by atoms with E-state index in [2.05, 4.69) is 15.8 Å². The monoisotopic (exact) mass is 287 g/mol. The van der Waals surface area contributed by atoms with Gasteiger partial charge in [-0.05, 0) is 29.8 Å². The largest absolute Gasteiger partial charge is 0.376 e. The van der Waals surface area contributed by atoms with Crippen LogP contribution in [0.4, 0.5) is 5.69 Å². The van der Waals surface area contributed by atoms with Gasteiger partial charge in [-0.1, -0.05) is 41.9 Å². The minimum Gasteiger partial charge on any atom is -0.376 e. The number of halogens is 1. The van der Waals surface area contributed by atoms with Gasteiger partial charge in [0.15, 0.2) is 0 Å². The first-order valence-electron chi connectivity index (χ1n) is 6.10. The number of para-hydroxylation sites is 1. The quantitative estimate of drug-likeness (QED) is 0.656. The summed E-state index contributed by atoms with van der Waals surface area (Å²) in [4.78, 5) is 11.6. The molecule has 0 aromatic heterocycles. The molecule has 0 unspecified atom stereocenters. The molecule has 0 spiro atoms. The van der Waals surface area contributed by atoms with E-state index in [-0.39, 0.29) is 12.5 Å². The average Bonchev–Trinajstić information content (AvgIpc) is 2.48. The summed E-state index contributed by atoms with van der Waals surface area (Å²) in [5.41, 5.74) is 4.21. The molecule has 102 valence electrons. The fourth-order valence-electron chi connectivity index (χ4n) is 1.51. The van der Waals surface area contributed by atoms with Crippen molar-refractivity contribution in [2.45, 2.75) is 0 Å². The second-order valence-electron chi connectivity index (χ2n) is 4.06. The maximum atomic E-state index is 11.6. The number of hydrogen-bond acceptors (Lipinski definition) is 3. The van der Waals surface area contributed by atoms with Gasteiger partial charge in [-0.3, -0.25) is 4.79 Å². The number of carbonyl (C=O) groups is 1. The highest BCUT2D eigenvalue weighted by Gasteiger charge is 1.98. The second-order valence-corrected chi connectivity index (χ2v) is 4.50. The Balaban J connectivity index is 1.76. The van der Waals surface area contributed by atoms with Crippen molar-refractivity contribution in [3.8, 4) is 0 Å². The minimum atomic E-state index is -0.209. The number of hydrazone groups is 1. The van der Waals surface area contributed by atoms with Gasteiger partial charge >= 0.3 is 0 Å². The molecular weight excluding hydrogens is 274 g/mol. The summed E-state index contributed by atoms with van der Waals surface area (Å²) < 4.78 is 0. The molecule has 2 N–H and O–H groups in total. The van der Waals surface area contributed by atoms with Gasteiger partial charge < -0.3 is 5.32 Å². The first kappa shape index (κ1) is 14.1. The molecule has 0 aliphatic rings. The Morgan fingerprint density at radius 2 is 1.80 bits per heavy atom.